The number of hydrogen-bond donors (Lipinski definition) is 0. The number of benzene rings is 1. The van der Waals surface area contributed by atoms with Crippen LogP contribution in [0.4, 0.5) is 0 Å². The average Bonchev–Trinajstić information content (AvgIpc) is 3.30. The van der Waals surface area contributed by atoms with E-state index >= 15 is 0 Å². The fourth-order valence-corrected chi connectivity index (χ4v) is 6.70. The zero-order valence-electron chi connectivity index (χ0n) is 21.8. The maximum absolute atomic E-state index is 12.5. The Labute approximate surface area is 204 Å². The van der Waals surface area contributed by atoms with Gasteiger partial charge in [0.15, 0.2) is 0 Å². The summed E-state index contributed by atoms with van der Waals surface area (Å²) >= 11 is 0. The predicted molar refractivity (Wildman–Crippen MR) is 140 cm³/mol. The van der Waals surface area contributed by atoms with Gasteiger partial charge in [0.05, 0.1) is 0 Å². The maximum Gasteiger partial charge on any atom is 0.219 e. The van der Waals surface area contributed by atoms with Crippen LogP contribution in [-0.4, -0.2) is 47.4 Å². The molecule has 3 aliphatic rings. The van der Waals surface area contributed by atoms with Crippen molar-refractivity contribution in [3.63, 3.8) is 0 Å². The molecule has 0 radical (unpaired) electrons. The van der Waals surface area contributed by atoms with Gasteiger partial charge in [-0.2, -0.15) is 0 Å². The van der Waals surface area contributed by atoms with Crippen LogP contribution < -0.4 is 0 Å². The Hall–Kier alpha value is -1.35. The number of carbonyl (C=O) groups excluding carboxylic acids is 1. The van der Waals surface area contributed by atoms with Crippen molar-refractivity contribution in [1.29, 1.82) is 0 Å². The number of hydrogen-bond acceptors (Lipinski definition) is 2. The molecule has 186 valence electrons. The van der Waals surface area contributed by atoms with E-state index in [1.165, 1.54) is 109 Å². The van der Waals surface area contributed by atoms with E-state index in [2.05, 4.69) is 40.1 Å². The minimum Gasteiger partial charge on any atom is -0.337 e. The third kappa shape index (κ3) is 8.12. The molecular weight excluding hydrogens is 404 g/mol. The van der Waals surface area contributed by atoms with E-state index in [4.69, 9.17) is 0 Å². The topological polar surface area (TPSA) is 23.6 Å². The molecule has 3 heteroatoms. The van der Waals surface area contributed by atoms with Crippen LogP contribution in [-0.2, 0) is 11.2 Å². The van der Waals surface area contributed by atoms with Crippen LogP contribution in [0.25, 0.3) is 0 Å². The predicted octanol–water partition coefficient (Wildman–Crippen LogP) is 7.10. The lowest BCUT2D eigenvalue weighted by atomic mass is 9.90. The number of piperidine rings is 1. The molecule has 2 aliphatic carbocycles. The van der Waals surface area contributed by atoms with Crippen LogP contribution in [0.3, 0.4) is 0 Å². The molecule has 3 nitrogen and oxygen atoms in total. The smallest absolute Gasteiger partial charge is 0.219 e. The number of rotatable bonds is 8. The van der Waals surface area contributed by atoms with Crippen LogP contribution >= 0.6 is 0 Å². The van der Waals surface area contributed by atoms with Crippen LogP contribution in [0.2, 0.25) is 0 Å². The molecule has 1 heterocycles. The summed E-state index contributed by atoms with van der Waals surface area (Å²) in [6.45, 7) is 9.65. The molecule has 4 rings (SSSR count). The van der Waals surface area contributed by atoms with Crippen LogP contribution in [0, 0.1) is 11.8 Å². The minimum absolute atomic E-state index is 0.328. The van der Waals surface area contributed by atoms with E-state index < -0.39 is 0 Å². The molecule has 2 atom stereocenters. The fraction of sp³-hybridized carbons (Fsp3) is 0.767. The van der Waals surface area contributed by atoms with Gasteiger partial charge < -0.3 is 9.80 Å². The van der Waals surface area contributed by atoms with E-state index in [0.29, 0.717) is 18.0 Å². The van der Waals surface area contributed by atoms with Crippen molar-refractivity contribution in [2.24, 2.45) is 11.8 Å². The van der Waals surface area contributed by atoms with E-state index in [1.54, 1.807) is 0 Å². The summed E-state index contributed by atoms with van der Waals surface area (Å²) in [7, 11) is 0. The first-order chi connectivity index (χ1) is 16.2. The van der Waals surface area contributed by atoms with Crippen molar-refractivity contribution in [3.8, 4) is 0 Å². The monoisotopic (exact) mass is 454 g/mol. The minimum atomic E-state index is 0.328. The Kier molecular flexibility index (Phi) is 11.3. The molecule has 0 aromatic heterocycles. The van der Waals surface area contributed by atoms with E-state index in [1.807, 2.05) is 20.8 Å². The highest BCUT2D eigenvalue weighted by molar-refractivity contribution is 5.74. The molecule has 1 amide bonds. The first kappa shape index (κ1) is 26.3. The standard InChI is InChI=1S/C28H44N2O.C2H6/c1-23(31)30(27-13-6-3-7-14-27)28-16-15-26(21-28)22-29-19-17-25(18-20-29)12-8-11-24-9-4-2-5-10-24;1-2/h2,4-5,9-10,25-28H,3,6-8,11-22H2,1H3;1-2H3/t26-,28?;/m1./s1. The number of nitrogens with zero attached hydrogens (tertiary/aromatic N) is 2. The van der Waals surface area contributed by atoms with Crippen molar-refractivity contribution >= 4 is 5.91 Å². The number of carbonyl (C=O) groups is 1. The summed E-state index contributed by atoms with van der Waals surface area (Å²) in [6, 6.07) is 12.0. The van der Waals surface area contributed by atoms with Gasteiger partial charge in [-0.1, -0.05) is 69.9 Å². The Morgan fingerprint density at radius 3 is 2.24 bits per heavy atom. The molecule has 3 fully saturated rings. The van der Waals surface area contributed by atoms with Gasteiger partial charge in [-0.05, 0) is 88.3 Å². The fourth-order valence-electron chi connectivity index (χ4n) is 6.70. The average molecular weight is 455 g/mol. The van der Waals surface area contributed by atoms with Gasteiger partial charge >= 0.3 is 0 Å². The second kappa shape index (κ2) is 14.1. The van der Waals surface area contributed by atoms with Crippen molar-refractivity contribution in [3.05, 3.63) is 35.9 Å². The van der Waals surface area contributed by atoms with E-state index in [9.17, 15) is 4.79 Å². The first-order valence-corrected chi connectivity index (χ1v) is 14.2. The quantitative estimate of drug-likeness (QED) is 0.418. The first-order valence-electron chi connectivity index (χ1n) is 14.2. The Balaban J connectivity index is 0.00000149. The molecule has 1 aromatic carbocycles. The molecule has 2 saturated carbocycles. The largest absolute Gasteiger partial charge is 0.337 e. The van der Waals surface area contributed by atoms with Gasteiger partial charge in [0.1, 0.15) is 0 Å². The summed E-state index contributed by atoms with van der Waals surface area (Å²) in [4.78, 5) is 17.5. The number of likely N-dealkylation sites (tertiary alicyclic amines) is 1. The molecule has 33 heavy (non-hydrogen) atoms. The highest BCUT2D eigenvalue weighted by Gasteiger charge is 2.35. The Bertz CT molecular complexity index is 661. The summed E-state index contributed by atoms with van der Waals surface area (Å²) in [5.74, 6) is 2.05. The summed E-state index contributed by atoms with van der Waals surface area (Å²) in [6.07, 6.45) is 17.0. The SMILES string of the molecule is CC.CC(=O)N(C1CCCCC1)C1CC[C@@H](CN2CCC(CCCc3ccccc3)CC2)C1. The van der Waals surface area contributed by atoms with Crippen molar-refractivity contribution < 1.29 is 4.79 Å². The summed E-state index contributed by atoms with van der Waals surface area (Å²) in [5.41, 5.74) is 1.49. The zero-order chi connectivity index (χ0) is 23.5. The van der Waals surface area contributed by atoms with Gasteiger partial charge in [-0.15, -0.1) is 0 Å². The van der Waals surface area contributed by atoms with Crippen LogP contribution in [0.1, 0.15) is 103 Å². The molecule has 1 saturated heterocycles. The molecule has 1 unspecified atom stereocenters. The van der Waals surface area contributed by atoms with Crippen LogP contribution in [0.15, 0.2) is 30.3 Å². The molecule has 0 N–H and O–H groups in total. The highest BCUT2D eigenvalue weighted by atomic mass is 16.2. The number of aryl methyl sites for hydroxylation is 1. The second-order valence-electron chi connectivity index (χ2n) is 10.7. The van der Waals surface area contributed by atoms with E-state index in [-0.39, 0.29) is 0 Å². The van der Waals surface area contributed by atoms with E-state index in [0.717, 1.165) is 11.8 Å². The number of amides is 1. The third-order valence-corrected chi connectivity index (χ3v) is 8.38. The molecule has 1 aromatic rings. The van der Waals surface area contributed by atoms with Gasteiger partial charge in [-0.25, -0.2) is 0 Å². The molecular formula is C30H50N2O. The Morgan fingerprint density at radius 1 is 0.879 bits per heavy atom. The molecule has 0 bridgehead atoms. The van der Waals surface area contributed by atoms with Crippen molar-refractivity contribution in [2.45, 2.75) is 116 Å². The van der Waals surface area contributed by atoms with Gasteiger partial charge in [0, 0.05) is 25.6 Å². The lowest BCUT2D eigenvalue weighted by Gasteiger charge is -2.38. The Morgan fingerprint density at radius 2 is 1.58 bits per heavy atom. The molecule has 1 aliphatic heterocycles. The van der Waals surface area contributed by atoms with Crippen molar-refractivity contribution in [2.75, 3.05) is 19.6 Å². The normalized spacial score (nSPS) is 24.8. The lowest BCUT2D eigenvalue weighted by molar-refractivity contribution is -0.134. The van der Waals surface area contributed by atoms with Gasteiger partial charge in [0.2, 0.25) is 5.91 Å². The van der Waals surface area contributed by atoms with Gasteiger partial charge in [-0.3, -0.25) is 4.79 Å². The lowest BCUT2D eigenvalue weighted by Crippen LogP contribution is -2.46. The maximum atomic E-state index is 12.5. The molecule has 0 spiro atoms. The van der Waals surface area contributed by atoms with Crippen LogP contribution in [0.5, 0.6) is 0 Å². The highest BCUT2D eigenvalue weighted by Crippen LogP contribution is 2.35. The zero-order valence-corrected chi connectivity index (χ0v) is 21.8. The third-order valence-electron chi connectivity index (χ3n) is 8.38. The summed E-state index contributed by atoms with van der Waals surface area (Å²) in [5, 5.41) is 0. The van der Waals surface area contributed by atoms with Crippen molar-refractivity contribution in [1.82, 2.24) is 9.80 Å². The second-order valence-corrected chi connectivity index (χ2v) is 10.7. The summed E-state index contributed by atoms with van der Waals surface area (Å²) < 4.78 is 0. The van der Waals surface area contributed by atoms with Gasteiger partial charge in [0.25, 0.3) is 0 Å².